The molecule has 1 amide bonds. The first-order valence-electron chi connectivity index (χ1n) is 9.58. The van der Waals surface area contributed by atoms with E-state index in [1.54, 1.807) is 36.5 Å². The number of hydrogen-bond acceptors (Lipinski definition) is 7. The first-order chi connectivity index (χ1) is 14.9. The lowest BCUT2D eigenvalue weighted by molar-refractivity contribution is -0.123. The standard InChI is InChI=1S/C22H23FN6O2/c1-13(2)27-21(30)12-31-16-5-3-4-14(8-16)22-26-7-6-20(29-22)28-19-9-15(11-24)18(25)10-17(19)23/h3-11,13,24H,12,25H2,1-2H3,(H,27,30)(H,26,28,29). The fourth-order valence-electron chi connectivity index (χ4n) is 2.77. The first-order valence-corrected chi connectivity index (χ1v) is 9.58. The number of benzene rings is 2. The summed E-state index contributed by atoms with van der Waals surface area (Å²) in [6.45, 7) is 3.65. The number of halogens is 1. The topological polar surface area (TPSA) is 126 Å². The Hall–Kier alpha value is -4.01. The van der Waals surface area contributed by atoms with Gasteiger partial charge in [-0.25, -0.2) is 14.4 Å². The van der Waals surface area contributed by atoms with Crippen LogP contribution >= 0.6 is 0 Å². The molecule has 8 nitrogen and oxygen atoms in total. The van der Waals surface area contributed by atoms with Crippen LogP contribution in [0, 0.1) is 11.2 Å². The predicted octanol–water partition coefficient (Wildman–Crippen LogP) is 3.51. The summed E-state index contributed by atoms with van der Waals surface area (Å²) < 4.78 is 19.8. The van der Waals surface area contributed by atoms with E-state index >= 15 is 0 Å². The van der Waals surface area contributed by atoms with Crippen molar-refractivity contribution < 1.29 is 13.9 Å². The van der Waals surface area contributed by atoms with E-state index in [4.69, 9.17) is 15.9 Å². The van der Waals surface area contributed by atoms with Crippen LogP contribution in [0.5, 0.6) is 5.75 Å². The minimum absolute atomic E-state index is 0.0343. The number of nitrogen functional groups attached to an aromatic ring is 1. The molecule has 160 valence electrons. The molecule has 0 bridgehead atoms. The molecule has 0 unspecified atom stereocenters. The van der Waals surface area contributed by atoms with E-state index in [-0.39, 0.29) is 29.9 Å². The predicted molar refractivity (Wildman–Crippen MR) is 118 cm³/mol. The fourth-order valence-corrected chi connectivity index (χ4v) is 2.77. The molecule has 1 aromatic heterocycles. The summed E-state index contributed by atoms with van der Waals surface area (Å²) in [6, 6.07) is 11.3. The van der Waals surface area contributed by atoms with Gasteiger partial charge in [0.05, 0.1) is 5.69 Å². The molecule has 0 aliphatic carbocycles. The van der Waals surface area contributed by atoms with Crippen LogP contribution in [0.3, 0.4) is 0 Å². The van der Waals surface area contributed by atoms with Gasteiger partial charge in [-0.15, -0.1) is 0 Å². The van der Waals surface area contributed by atoms with Gasteiger partial charge in [-0.1, -0.05) is 12.1 Å². The molecule has 0 atom stereocenters. The van der Waals surface area contributed by atoms with Gasteiger partial charge in [0.15, 0.2) is 12.4 Å². The van der Waals surface area contributed by atoms with Gasteiger partial charge in [0, 0.05) is 35.3 Å². The van der Waals surface area contributed by atoms with Crippen molar-refractivity contribution in [3.05, 3.63) is 60.0 Å². The Morgan fingerprint density at radius 1 is 1.29 bits per heavy atom. The highest BCUT2D eigenvalue weighted by molar-refractivity contribution is 5.87. The van der Waals surface area contributed by atoms with Crippen molar-refractivity contribution in [2.45, 2.75) is 19.9 Å². The van der Waals surface area contributed by atoms with Gasteiger partial charge >= 0.3 is 0 Å². The van der Waals surface area contributed by atoms with Gasteiger partial charge in [0.25, 0.3) is 5.91 Å². The average molecular weight is 422 g/mol. The molecule has 31 heavy (non-hydrogen) atoms. The third kappa shape index (κ3) is 5.75. The first kappa shape index (κ1) is 21.7. The number of nitrogens with zero attached hydrogens (tertiary/aromatic N) is 2. The number of anilines is 3. The number of aromatic nitrogens is 2. The van der Waals surface area contributed by atoms with Crippen LogP contribution in [0.25, 0.3) is 11.4 Å². The van der Waals surface area contributed by atoms with E-state index in [1.165, 1.54) is 6.07 Å². The van der Waals surface area contributed by atoms with Crippen molar-refractivity contribution in [3.63, 3.8) is 0 Å². The van der Waals surface area contributed by atoms with Crippen LogP contribution in [0.1, 0.15) is 19.4 Å². The third-order valence-electron chi connectivity index (χ3n) is 4.16. The van der Waals surface area contributed by atoms with Crippen LogP contribution in [-0.2, 0) is 4.79 Å². The number of ether oxygens (including phenoxy) is 1. The maximum Gasteiger partial charge on any atom is 0.258 e. The van der Waals surface area contributed by atoms with Gasteiger partial charge in [0.1, 0.15) is 17.4 Å². The van der Waals surface area contributed by atoms with Crippen molar-refractivity contribution >= 4 is 29.3 Å². The average Bonchev–Trinajstić information content (AvgIpc) is 2.74. The van der Waals surface area contributed by atoms with Crippen LogP contribution < -0.4 is 21.1 Å². The highest BCUT2D eigenvalue weighted by Gasteiger charge is 2.10. The summed E-state index contributed by atoms with van der Waals surface area (Å²) in [7, 11) is 0. The van der Waals surface area contributed by atoms with Gasteiger partial charge < -0.3 is 26.5 Å². The van der Waals surface area contributed by atoms with Gasteiger partial charge in [-0.2, -0.15) is 0 Å². The molecular formula is C22H23FN6O2. The Kier molecular flexibility index (Phi) is 6.76. The summed E-state index contributed by atoms with van der Waals surface area (Å²) >= 11 is 0. The second-order valence-electron chi connectivity index (χ2n) is 7.03. The number of nitrogens with two attached hydrogens (primary N) is 1. The molecule has 0 radical (unpaired) electrons. The molecule has 0 spiro atoms. The van der Waals surface area contributed by atoms with Crippen molar-refractivity contribution in [1.29, 1.82) is 5.41 Å². The van der Waals surface area contributed by atoms with Crippen molar-refractivity contribution in [2.75, 3.05) is 17.7 Å². The summed E-state index contributed by atoms with van der Waals surface area (Å²) in [6.07, 6.45) is 2.60. The highest BCUT2D eigenvalue weighted by Crippen LogP contribution is 2.26. The zero-order chi connectivity index (χ0) is 22.4. The minimum Gasteiger partial charge on any atom is -0.484 e. The number of hydrogen-bond donors (Lipinski definition) is 4. The number of amides is 1. The van der Waals surface area contributed by atoms with E-state index in [0.29, 0.717) is 28.5 Å². The lowest BCUT2D eigenvalue weighted by Gasteiger charge is -2.11. The van der Waals surface area contributed by atoms with E-state index in [0.717, 1.165) is 12.3 Å². The molecule has 0 saturated heterocycles. The summed E-state index contributed by atoms with van der Waals surface area (Å²) in [5, 5.41) is 13.0. The maximum atomic E-state index is 14.2. The third-order valence-corrected chi connectivity index (χ3v) is 4.16. The highest BCUT2D eigenvalue weighted by atomic mass is 19.1. The van der Waals surface area contributed by atoms with Gasteiger partial charge in [0.2, 0.25) is 0 Å². The smallest absolute Gasteiger partial charge is 0.258 e. The second kappa shape index (κ2) is 9.66. The molecule has 3 rings (SSSR count). The molecule has 0 fully saturated rings. The van der Waals surface area contributed by atoms with Crippen molar-refractivity contribution in [1.82, 2.24) is 15.3 Å². The zero-order valence-corrected chi connectivity index (χ0v) is 17.1. The van der Waals surface area contributed by atoms with Crippen molar-refractivity contribution in [3.8, 4) is 17.1 Å². The molecular weight excluding hydrogens is 399 g/mol. The number of carbonyl (C=O) groups excluding carboxylic acids is 1. The van der Waals surface area contributed by atoms with Crippen LogP contribution in [0.2, 0.25) is 0 Å². The molecule has 0 aliphatic rings. The molecule has 0 saturated carbocycles. The number of nitrogens with one attached hydrogen (secondary N) is 3. The maximum absolute atomic E-state index is 14.2. The molecule has 5 N–H and O–H groups in total. The fraction of sp³-hybridized carbons (Fsp3) is 0.182. The van der Waals surface area contributed by atoms with Gasteiger partial charge in [-0.05, 0) is 44.2 Å². The molecule has 9 heteroatoms. The SMILES string of the molecule is CC(C)NC(=O)COc1cccc(-c2nccc(Nc3cc(C=N)c(N)cc3F)n2)c1. The summed E-state index contributed by atoms with van der Waals surface area (Å²) in [4.78, 5) is 20.5. The lowest BCUT2D eigenvalue weighted by Crippen LogP contribution is -2.34. The number of rotatable bonds is 8. The normalized spacial score (nSPS) is 10.6. The Bertz CT molecular complexity index is 1100. The zero-order valence-electron chi connectivity index (χ0n) is 17.1. The van der Waals surface area contributed by atoms with Crippen LogP contribution in [-0.4, -0.2) is 34.7 Å². The van der Waals surface area contributed by atoms with E-state index in [2.05, 4.69) is 20.6 Å². The molecule has 0 aliphatic heterocycles. The monoisotopic (exact) mass is 422 g/mol. The Morgan fingerprint density at radius 3 is 2.84 bits per heavy atom. The Balaban J connectivity index is 1.78. The van der Waals surface area contributed by atoms with Crippen LogP contribution in [0.15, 0.2) is 48.7 Å². The van der Waals surface area contributed by atoms with E-state index in [1.807, 2.05) is 13.8 Å². The second-order valence-corrected chi connectivity index (χ2v) is 7.03. The largest absolute Gasteiger partial charge is 0.484 e. The Morgan fingerprint density at radius 2 is 2.10 bits per heavy atom. The minimum atomic E-state index is -0.557. The van der Waals surface area contributed by atoms with E-state index in [9.17, 15) is 9.18 Å². The number of carbonyl (C=O) groups is 1. The van der Waals surface area contributed by atoms with Gasteiger partial charge in [-0.3, -0.25) is 4.79 Å². The van der Waals surface area contributed by atoms with Crippen molar-refractivity contribution in [2.24, 2.45) is 0 Å². The van der Waals surface area contributed by atoms with E-state index < -0.39 is 5.82 Å². The molecule has 1 heterocycles. The summed E-state index contributed by atoms with van der Waals surface area (Å²) in [5.41, 5.74) is 7.08. The lowest BCUT2D eigenvalue weighted by atomic mass is 10.1. The molecule has 2 aromatic carbocycles. The quantitative estimate of drug-likeness (QED) is 0.325. The Labute approximate surface area is 179 Å². The van der Waals surface area contributed by atoms with Crippen LogP contribution in [0.4, 0.5) is 21.6 Å². The molecule has 3 aromatic rings. The summed E-state index contributed by atoms with van der Waals surface area (Å²) in [5.74, 6) is 0.493.